The van der Waals surface area contributed by atoms with Crippen molar-refractivity contribution in [3.63, 3.8) is 0 Å². The highest BCUT2D eigenvalue weighted by molar-refractivity contribution is 6.32. The number of hydrogen-bond donors (Lipinski definition) is 4. The number of nitrogens with two attached hydrogens (primary N) is 1. The second kappa shape index (κ2) is 12.5. The number of nitrogens with one attached hydrogen (secondary N) is 2. The predicted octanol–water partition coefficient (Wildman–Crippen LogP) is 3.22. The standard InChI is InChI=1S/C28H22Cl2N6O4/c1-36(15-23(31)28(39)40)27(38)19-9-8-17(22(29)12-19)5-2-16-3-6-18(7-4-16)25-13-20(26(37)34-35-30)21-14-32-11-10-24(21)33-25/h3-4,6-14,23,35H,15,31H2,1H3,(H,34,37)(H,39,40). The zero-order valence-electron chi connectivity index (χ0n) is 21.0. The monoisotopic (exact) mass is 576 g/mol. The number of halogens is 2. The van der Waals surface area contributed by atoms with Gasteiger partial charge in [0.15, 0.2) is 0 Å². The van der Waals surface area contributed by atoms with E-state index >= 15 is 0 Å². The van der Waals surface area contributed by atoms with E-state index in [1.807, 2.05) is 24.3 Å². The fourth-order valence-corrected chi connectivity index (χ4v) is 4.12. The third-order valence-electron chi connectivity index (χ3n) is 5.89. The highest BCUT2D eigenvalue weighted by Gasteiger charge is 2.19. The van der Waals surface area contributed by atoms with Crippen molar-refractivity contribution >= 4 is 52.1 Å². The predicted molar refractivity (Wildman–Crippen MR) is 151 cm³/mol. The number of amides is 2. The number of aromatic nitrogens is 2. The van der Waals surface area contributed by atoms with Gasteiger partial charge in [0.1, 0.15) is 6.04 Å². The lowest BCUT2D eigenvalue weighted by Crippen LogP contribution is -2.43. The van der Waals surface area contributed by atoms with Crippen molar-refractivity contribution in [2.24, 2.45) is 5.73 Å². The first-order chi connectivity index (χ1) is 19.2. The maximum absolute atomic E-state index is 12.6. The second-order valence-corrected chi connectivity index (χ2v) is 9.25. The number of hydrogen-bond acceptors (Lipinski definition) is 7. The van der Waals surface area contributed by atoms with Crippen molar-refractivity contribution in [3.8, 4) is 23.1 Å². The number of hydrazine groups is 1. The lowest BCUT2D eigenvalue weighted by Gasteiger charge is -2.19. The number of carbonyl (C=O) groups excluding carboxylic acids is 2. The van der Waals surface area contributed by atoms with E-state index in [0.29, 0.717) is 33.3 Å². The number of aliphatic carboxylic acids is 1. The first kappa shape index (κ1) is 28.5. The molecule has 2 aromatic carbocycles. The second-order valence-electron chi connectivity index (χ2n) is 8.65. The Balaban J connectivity index is 1.54. The molecule has 0 aliphatic rings. The van der Waals surface area contributed by atoms with Crippen LogP contribution in [0.5, 0.6) is 0 Å². The van der Waals surface area contributed by atoms with Crippen molar-refractivity contribution in [3.05, 3.63) is 94.3 Å². The Bertz CT molecular complexity index is 1670. The van der Waals surface area contributed by atoms with E-state index in [1.165, 1.54) is 18.0 Å². The van der Waals surface area contributed by atoms with Gasteiger partial charge < -0.3 is 15.7 Å². The van der Waals surface area contributed by atoms with Crippen molar-refractivity contribution < 1.29 is 19.5 Å². The average molecular weight is 577 g/mol. The summed E-state index contributed by atoms with van der Waals surface area (Å²) in [6.07, 6.45) is 3.16. The minimum atomic E-state index is -1.20. The molecule has 40 heavy (non-hydrogen) atoms. The van der Waals surface area contributed by atoms with E-state index in [2.05, 4.69) is 32.2 Å². The topological polar surface area (TPSA) is 151 Å². The number of fused-ring (bicyclic) bond motifs is 1. The fraction of sp³-hybridized carbons (Fsp3) is 0.107. The Morgan fingerprint density at radius 3 is 2.52 bits per heavy atom. The van der Waals surface area contributed by atoms with Crippen LogP contribution < -0.4 is 16.1 Å². The zero-order chi connectivity index (χ0) is 28.8. The number of pyridine rings is 2. The highest BCUT2D eigenvalue weighted by Crippen LogP contribution is 2.25. The number of carbonyl (C=O) groups is 3. The van der Waals surface area contributed by atoms with Crippen molar-refractivity contribution in [1.82, 2.24) is 25.2 Å². The lowest BCUT2D eigenvalue weighted by atomic mass is 10.0. The molecule has 12 heteroatoms. The van der Waals surface area contributed by atoms with Crippen molar-refractivity contribution in [1.29, 1.82) is 0 Å². The van der Waals surface area contributed by atoms with Crippen LogP contribution in [0.25, 0.3) is 22.2 Å². The van der Waals surface area contributed by atoms with Crippen LogP contribution in [0.3, 0.4) is 0 Å². The molecule has 4 aromatic rings. The normalized spacial score (nSPS) is 11.3. The molecule has 2 heterocycles. The van der Waals surface area contributed by atoms with Gasteiger partial charge in [0.2, 0.25) is 0 Å². The Hall–Kier alpha value is -4.53. The highest BCUT2D eigenvalue weighted by atomic mass is 35.5. The third-order valence-corrected chi connectivity index (χ3v) is 6.30. The van der Waals surface area contributed by atoms with Gasteiger partial charge >= 0.3 is 5.97 Å². The molecule has 0 aliphatic carbocycles. The van der Waals surface area contributed by atoms with Crippen LogP contribution in [-0.2, 0) is 4.79 Å². The summed E-state index contributed by atoms with van der Waals surface area (Å²) in [7, 11) is 1.47. The minimum Gasteiger partial charge on any atom is -0.480 e. The minimum absolute atomic E-state index is 0.144. The molecular formula is C28H22Cl2N6O4. The fourth-order valence-electron chi connectivity index (χ4n) is 3.80. The Morgan fingerprint density at radius 1 is 1.10 bits per heavy atom. The number of carboxylic acids is 1. The van der Waals surface area contributed by atoms with Gasteiger partial charge in [-0.2, -0.15) is 0 Å². The van der Waals surface area contributed by atoms with E-state index < -0.39 is 23.8 Å². The van der Waals surface area contributed by atoms with Gasteiger partial charge in [0.25, 0.3) is 11.8 Å². The van der Waals surface area contributed by atoms with E-state index in [9.17, 15) is 14.4 Å². The molecule has 10 nitrogen and oxygen atoms in total. The summed E-state index contributed by atoms with van der Waals surface area (Å²) in [6, 6.07) is 14.2. The van der Waals surface area contributed by atoms with Gasteiger partial charge in [-0.1, -0.05) is 35.6 Å². The van der Waals surface area contributed by atoms with E-state index in [-0.39, 0.29) is 17.1 Å². The van der Waals surface area contributed by atoms with Crippen LogP contribution in [0.4, 0.5) is 0 Å². The molecule has 202 valence electrons. The zero-order valence-corrected chi connectivity index (χ0v) is 22.5. The van der Waals surface area contributed by atoms with Crippen LogP contribution in [0.1, 0.15) is 31.8 Å². The SMILES string of the molecule is CN(CC(N)C(=O)O)C(=O)c1ccc(C#Cc2ccc(-c3cc(C(=O)NNCl)c4cnccc4n3)cc2)c(Cl)c1. The van der Waals surface area contributed by atoms with Crippen molar-refractivity contribution in [2.45, 2.75) is 6.04 Å². The summed E-state index contributed by atoms with van der Waals surface area (Å²) in [5.74, 6) is 4.00. The lowest BCUT2D eigenvalue weighted by molar-refractivity contribution is -0.138. The van der Waals surface area contributed by atoms with Gasteiger partial charge in [-0.05, 0) is 54.2 Å². The third kappa shape index (κ3) is 6.54. The number of likely N-dealkylation sites (N-methyl/N-ethyl adjacent to an activating group) is 1. The van der Waals surface area contributed by atoms with Gasteiger partial charge in [-0.3, -0.25) is 24.8 Å². The molecule has 1 atom stereocenters. The molecule has 4 rings (SSSR count). The van der Waals surface area contributed by atoms with Gasteiger partial charge in [0, 0.05) is 53.6 Å². The van der Waals surface area contributed by atoms with E-state index in [1.54, 1.807) is 36.7 Å². The van der Waals surface area contributed by atoms with Crippen LogP contribution in [0.15, 0.2) is 67.0 Å². The number of nitrogens with zero attached hydrogens (tertiary/aromatic N) is 3. The molecule has 0 saturated carbocycles. The van der Waals surface area contributed by atoms with Crippen LogP contribution >= 0.6 is 23.4 Å². The molecule has 0 spiro atoms. The van der Waals surface area contributed by atoms with Gasteiger partial charge in [-0.25, -0.2) is 4.98 Å². The quantitative estimate of drug-likeness (QED) is 0.149. The average Bonchev–Trinajstić information content (AvgIpc) is 2.95. The first-order valence-electron chi connectivity index (χ1n) is 11.7. The molecule has 2 amide bonds. The molecular weight excluding hydrogens is 555 g/mol. The number of benzene rings is 2. The summed E-state index contributed by atoms with van der Waals surface area (Å²) in [5, 5.41) is 9.81. The molecule has 1 unspecified atom stereocenters. The number of rotatable bonds is 7. The Morgan fingerprint density at radius 2 is 1.85 bits per heavy atom. The largest absolute Gasteiger partial charge is 0.480 e. The summed E-state index contributed by atoms with van der Waals surface area (Å²) in [5.41, 5.74) is 11.7. The van der Waals surface area contributed by atoms with Gasteiger partial charge in [0.05, 0.1) is 21.8 Å². The molecule has 0 fully saturated rings. The Labute approximate surface area is 239 Å². The van der Waals surface area contributed by atoms with Crippen LogP contribution in [0.2, 0.25) is 5.02 Å². The molecule has 0 aliphatic heterocycles. The molecule has 0 bridgehead atoms. The summed E-state index contributed by atoms with van der Waals surface area (Å²) in [6.45, 7) is -0.144. The van der Waals surface area contributed by atoms with Gasteiger partial charge in [-0.15, -0.1) is 4.94 Å². The van der Waals surface area contributed by atoms with Crippen molar-refractivity contribution in [2.75, 3.05) is 13.6 Å². The summed E-state index contributed by atoms with van der Waals surface area (Å²) < 4.78 is 0. The first-order valence-corrected chi connectivity index (χ1v) is 12.5. The van der Waals surface area contributed by atoms with E-state index in [4.69, 9.17) is 34.2 Å². The van der Waals surface area contributed by atoms with Crippen LogP contribution in [0, 0.1) is 11.8 Å². The Kier molecular flexibility index (Phi) is 8.93. The molecule has 5 N–H and O–H groups in total. The van der Waals surface area contributed by atoms with Crippen LogP contribution in [-0.4, -0.2) is 57.4 Å². The molecule has 2 aromatic heterocycles. The number of carboxylic acid groups (broad SMARTS) is 1. The summed E-state index contributed by atoms with van der Waals surface area (Å²) >= 11 is 11.8. The maximum atomic E-state index is 12.6. The van der Waals surface area contributed by atoms with E-state index in [0.717, 1.165) is 5.56 Å². The maximum Gasteiger partial charge on any atom is 0.322 e. The molecule has 0 saturated heterocycles. The smallest absolute Gasteiger partial charge is 0.322 e. The summed E-state index contributed by atoms with van der Waals surface area (Å²) in [4.78, 5) is 48.1. The molecule has 0 radical (unpaired) electrons.